The number of carbonyl (C=O) groups excluding carboxylic acids is 2. The Morgan fingerprint density at radius 3 is 2.23 bits per heavy atom. The van der Waals surface area contributed by atoms with Crippen LogP contribution in [0.25, 0.3) is 11.0 Å². The minimum absolute atomic E-state index is 0.00820. The van der Waals surface area contributed by atoms with Crippen molar-refractivity contribution in [2.45, 2.75) is 47.6 Å². The number of phenolic OH excluding ortho intramolecular Hbond substituents is 1. The molecule has 7 rings (SSSR count). The number of hydrogen-bond acceptors (Lipinski definition) is 10. The predicted molar refractivity (Wildman–Crippen MR) is 199 cm³/mol. The number of ketones is 2. The Hall–Kier alpha value is -4.02. The van der Waals surface area contributed by atoms with Crippen LogP contribution in [0.1, 0.15) is 29.6 Å². The van der Waals surface area contributed by atoms with E-state index >= 15 is 0 Å². The molecule has 19 heteroatoms. The van der Waals surface area contributed by atoms with Gasteiger partial charge in [0, 0.05) is 44.5 Å². The standard InChI is InChI=1S/C34H28BrCl4N5O9/c1-41-19-12-22(52-3)21(51-2)11-18(19)40-17(30(41)48)6-7-42-31(49)43-8-5-15-20(44(43)32(42)50)13-33(38)28(46)25(36)26(37)29(47)34(33,39)24(15)14-9-16(35)27(45)23(10-14)53-4/h5,9-12,20,24,45H,6-8,13H2,1-4H3/t20-,24+,33-,34+/m1/s1. The molecule has 1 aliphatic heterocycles. The molecule has 0 spiro atoms. The molecular formula is C34H28BrCl4N5O9. The summed E-state index contributed by atoms with van der Waals surface area (Å²) in [5.74, 6) is -2.53. The number of phenols is 1. The number of alkyl halides is 2. The molecule has 2 aromatic heterocycles. The highest BCUT2D eigenvalue weighted by atomic mass is 79.9. The lowest BCUT2D eigenvalue weighted by atomic mass is 9.59. The van der Waals surface area contributed by atoms with E-state index in [-0.39, 0.29) is 46.7 Å². The van der Waals surface area contributed by atoms with Gasteiger partial charge in [0.2, 0.25) is 0 Å². The largest absolute Gasteiger partial charge is 0.503 e. The third-order valence-electron chi connectivity index (χ3n) is 10.2. The minimum Gasteiger partial charge on any atom is -0.503 e. The van der Waals surface area contributed by atoms with E-state index in [1.165, 1.54) is 47.4 Å². The monoisotopic (exact) mass is 869 g/mol. The van der Waals surface area contributed by atoms with Crippen molar-refractivity contribution >= 4 is 84.9 Å². The van der Waals surface area contributed by atoms with Crippen LogP contribution in [0, 0.1) is 0 Å². The molecule has 0 unspecified atom stereocenters. The van der Waals surface area contributed by atoms with E-state index in [2.05, 4.69) is 20.9 Å². The van der Waals surface area contributed by atoms with E-state index < -0.39 is 66.7 Å². The van der Waals surface area contributed by atoms with Crippen LogP contribution in [-0.4, -0.2) is 71.2 Å². The average Bonchev–Trinajstić information content (AvgIpc) is 3.39. The molecule has 4 aromatic rings. The Morgan fingerprint density at radius 1 is 0.925 bits per heavy atom. The van der Waals surface area contributed by atoms with E-state index in [4.69, 9.17) is 60.6 Å². The van der Waals surface area contributed by atoms with Gasteiger partial charge in [-0.3, -0.25) is 14.4 Å². The van der Waals surface area contributed by atoms with Gasteiger partial charge in [0.05, 0.1) is 49.4 Å². The Balaban J connectivity index is 1.35. The molecule has 1 N–H and O–H groups in total. The molecule has 0 bridgehead atoms. The summed E-state index contributed by atoms with van der Waals surface area (Å²) in [6.07, 6.45) is 1.12. The number of allylic oxidation sites excluding steroid dienone is 4. The van der Waals surface area contributed by atoms with Crippen LogP contribution < -0.4 is 31.1 Å². The first-order valence-electron chi connectivity index (χ1n) is 15.9. The van der Waals surface area contributed by atoms with E-state index in [9.17, 15) is 29.1 Å². The second-order valence-corrected chi connectivity index (χ2v) is 15.6. The van der Waals surface area contributed by atoms with Crippen LogP contribution in [-0.2, 0) is 36.1 Å². The molecule has 1 saturated carbocycles. The molecule has 2 aromatic carbocycles. The third-order valence-corrected chi connectivity index (χ3v) is 13.1. The number of benzene rings is 2. The Labute approximate surface area is 327 Å². The normalized spacial score (nSPS) is 23.8. The first kappa shape index (κ1) is 37.3. The van der Waals surface area contributed by atoms with Crippen LogP contribution in [0.5, 0.6) is 23.0 Å². The van der Waals surface area contributed by atoms with Crippen molar-refractivity contribution in [2.24, 2.45) is 7.05 Å². The van der Waals surface area contributed by atoms with Crippen LogP contribution in [0.3, 0.4) is 0 Å². The summed E-state index contributed by atoms with van der Waals surface area (Å²) < 4.78 is 21.0. The van der Waals surface area contributed by atoms with Gasteiger partial charge in [-0.2, -0.15) is 0 Å². The molecule has 4 atom stereocenters. The van der Waals surface area contributed by atoms with Crippen LogP contribution in [0.2, 0.25) is 0 Å². The number of aromatic nitrogens is 5. The highest BCUT2D eigenvalue weighted by molar-refractivity contribution is 9.10. The highest BCUT2D eigenvalue weighted by Gasteiger charge is 2.71. The maximum Gasteiger partial charge on any atom is 0.347 e. The average molecular weight is 872 g/mol. The van der Waals surface area contributed by atoms with E-state index in [0.717, 1.165) is 4.57 Å². The summed E-state index contributed by atoms with van der Waals surface area (Å²) in [4.78, 5) is 69.5. The molecule has 1 fully saturated rings. The lowest BCUT2D eigenvalue weighted by Gasteiger charge is -2.54. The van der Waals surface area contributed by atoms with Crippen molar-refractivity contribution in [3.63, 3.8) is 0 Å². The Bertz CT molecular complexity index is 2560. The molecule has 0 radical (unpaired) electrons. The second kappa shape index (κ2) is 13.1. The predicted octanol–water partition coefficient (Wildman–Crippen LogP) is 4.26. The molecule has 0 saturated heterocycles. The molecular weight excluding hydrogens is 844 g/mol. The zero-order valence-electron chi connectivity index (χ0n) is 28.2. The number of rotatable bonds is 7. The van der Waals surface area contributed by atoms with Crippen molar-refractivity contribution in [3.05, 3.63) is 93.0 Å². The molecule has 3 heterocycles. The minimum atomic E-state index is -2.27. The van der Waals surface area contributed by atoms with Crippen molar-refractivity contribution in [1.29, 1.82) is 0 Å². The number of nitrogens with zero attached hydrogens (tertiary/aromatic N) is 5. The molecule has 3 aliphatic rings. The number of aromatic hydroxyl groups is 1. The zero-order chi connectivity index (χ0) is 38.5. The van der Waals surface area contributed by atoms with Gasteiger partial charge in [-0.1, -0.05) is 29.3 Å². The number of aryl methyl sites for hydroxylation is 2. The van der Waals surface area contributed by atoms with Crippen molar-refractivity contribution < 1.29 is 28.9 Å². The summed E-state index contributed by atoms with van der Waals surface area (Å²) in [7, 11) is 5.84. The quantitative estimate of drug-likeness (QED) is 0.210. The molecule has 53 heavy (non-hydrogen) atoms. The summed E-state index contributed by atoms with van der Waals surface area (Å²) >= 11 is 30.4. The molecule has 14 nitrogen and oxygen atoms in total. The lowest BCUT2D eigenvalue weighted by molar-refractivity contribution is -0.128. The molecule has 2 aliphatic carbocycles. The third kappa shape index (κ3) is 5.18. The highest BCUT2D eigenvalue weighted by Crippen LogP contribution is 2.64. The topological polar surface area (TPSA) is 166 Å². The van der Waals surface area contributed by atoms with Gasteiger partial charge in [-0.25, -0.2) is 28.5 Å². The first-order valence-corrected chi connectivity index (χ1v) is 18.2. The van der Waals surface area contributed by atoms with E-state index in [1.807, 2.05) is 0 Å². The Morgan fingerprint density at radius 2 is 1.57 bits per heavy atom. The maximum absolute atomic E-state index is 14.3. The van der Waals surface area contributed by atoms with Gasteiger partial charge in [-0.05, 0) is 39.2 Å². The summed E-state index contributed by atoms with van der Waals surface area (Å²) in [5.41, 5.74) is -0.247. The summed E-state index contributed by atoms with van der Waals surface area (Å²) in [5, 5.41) is 9.39. The molecule has 278 valence electrons. The van der Waals surface area contributed by atoms with Crippen LogP contribution in [0.4, 0.5) is 0 Å². The number of ether oxygens (including phenoxy) is 3. The summed E-state index contributed by atoms with van der Waals surface area (Å²) in [6.45, 7) is -0.363. The van der Waals surface area contributed by atoms with Gasteiger partial charge in [0.15, 0.2) is 34.6 Å². The van der Waals surface area contributed by atoms with Gasteiger partial charge >= 0.3 is 11.4 Å². The fourth-order valence-corrected chi connectivity index (χ4v) is 9.57. The van der Waals surface area contributed by atoms with Gasteiger partial charge < -0.3 is 23.9 Å². The fraction of sp³-hybridized carbons (Fsp3) is 0.353. The van der Waals surface area contributed by atoms with Crippen molar-refractivity contribution in [2.75, 3.05) is 21.3 Å². The first-order chi connectivity index (χ1) is 25.0. The maximum atomic E-state index is 14.3. The van der Waals surface area contributed by atoms with Gasteiger partial charge in [-0.15, -0.1) is 23.2 Å². The number of carbonyl (C=O) groups is 2. The van der Waals surface area contributed by atoms with Gasteiger partial charge in [0.1, 0.15) is 25.5 Å². The fourth-order valence-electron chi connectivity index (χ4n) is 7.59. The van der Waals surface area contributed by atoms with E-state index in [1.54, 1.807) is 25.3 Å². The number of fused-ring (bicyclic) bond motifs is 5. The van der Waals surface area contributed by atoms with Crippen LogP contribution in [0.15, 0.2) is 64.8 Å². The van der Waals surface area contributed by atoms with Crippen LogP contribution >= 0.6 is 62.3 Å². The second-order valence-electron chi connectivity index (χ2n) is 12.7. The Kier molecular flexibility index (Phi) is 9.21. The smallest absolute Gasteiger partial charge is 0.347 e. The number of halogens is 5. The SMILES string of the molecule is COc1cc2nc(CCn3c(=O)n4n(c3=O)[C@@H]3C[C@@]5(Cl)C(=O)C(Cl)=C(Cl)C(=O)[C@@]5(Cl)[C@@H](c5cc(Br)c(O)c(OC)c5)C3=CC4)c(=O)n(C)c2cc1OC. The van der Waals surface area contributed by atoms with Crippen molar-refractivity contribution in [3.8, 4) is 23.0 Å². The lowest BCUT2D eigenvalue weighted by Crippen LogP contribution is -2.67. The van der Waals surface area contributed by atoms with Crippen molar-refractivity contribution in [1.82, 2.24) is 23.5 Å². The zero-order valence-corrected chi connectivity index (χ0v) is 32.8. The summed E-state index contributed by atoms with van der Waals surface area (Å²) in [6, 6.07) is 5.07. The molecule has 0 amide bonds. The number of Topliss-reactive ketones (excluding diaryl/α,β-unsaturated/α-hetero) is 2. The number of methoxy groups -OCH3 is 3. The van der Waals surface area contributed by atoms with Gasteiger partial charge in [0.25, 0.3) is 5.56 Å². The number of hydrogen-bond donors (Lipinski definition) is 1. The van der Waals surface area contributed by atoms with E-state index in [0.29, 0.717) is 28.1 Å².